The number of urea groups is 1. The van der Waals surface area contributed by atoms with Gasteiger partial charge in [0.2, 0.25) is 5.91 Å². The molecule has 0 saturated carbocycles. The molecule has 30 heavy (non-hydrogen) atoms. The zero-order chi connectivity index (χ0) is 21.3. The molecular formula is C23H26FN3O3. The third-order valence-electron chi connectivity index (χ3n) is 6.04. The lowest BCUT2D eigenvalue weighted by molar-refractivity contribution is -0.159. The summed E-state index contributed by atoms with van der Waals surface area (Å²) in [4.78, 5) is 28.3. The molecule has 2 aromatic carbocycles. The minimum atomic E-state index is -0.278. The van der Waals surface area contributed by atoms with Crippen molar-refractivity contribution in [1.29, 1.82) is 0 Å². The van der Waals surface area contributed by atoms with Crippen molar-refractivity contribution in [3.8, 4) is 11.1 Å². The van der Waals surface area contributed by atoms with E-state index in [0.717, 1.165) is 23.1 Å². The topological polar surface area (TPSA) is 72.9 Å². The molecule has 2 aromatic rings. The van der Waals surface area contributed by atoms with Crippen molar-refractivity contribution in [2.24, 2.45) is 0 Å². The maximum absolute atomic E-state index is 13.2. The predicted molar refractivity (Wildman–Crippen MR) is 111 cm³/mol. The third kappa shape index (κ3) is 3.65. The monoisotopic (exact) mass is 411 g/mol. The Kier molecular flexibility index (Phi) is 5.72. The Hall–Kier alpha value is -2.93. The summed E-state index contributed by atoms with van der Waals surface area (Å²) in [5.41, 5.74) is 2.91. The lowest BCUT2D eigenvalue weighted by Crippen LogP contribution is -2.73. The SMILES string of the molecule is CCCNC(=O)N1CC(=O)N2[C@H](CO)[C@@H](c3ccc(-c4ccc(F)cc4)cc3)[C@H]2C1. The van der Waals surface area contributed by atoms with Crippen molar-refractivity contribution in [2.75, 3.05) is 26.2 Å². The smallest absolute Gasteiger partial charge is 0.317 e. The Morgan fingerprint density at radius 1 is 1.13 bits per heavy atom. The molecule has 0 bridgehead atoms. The van der Waals surface area contributed by atoms with Crippen LogP contribution in [0.25, 0.3) is 11.1 Å². The molecule has 3 amide bonds. The number of aliphatic hydroxyl groups is 1. The van der Waals surface area contributed by atoms with Crippen LogP contribution in [0.1, 0.15) is 24.8 Å². The molecule has 0 spiro atoms. The van der Waals surface area contributed by atoms with Gasteiger partial charge < -0.3 is 20.2 Å². The zero-order valence-corrected chi connectivity index (χ0v) is 16.9. The van der Waals surface area contributed by atoms with E-state index in [1.165, 1.54) is 12.1 Å². The molecule has 4 rings (SSSR count). The van der Waals surface area contributed by atoms with Crippen LogP contribution in [0.5, 0.6) is 0 Å². The average Bonchev–Trinajstić information content (AvgIpc) is 2.74. The van der Waals surface area contributed by atoms with Gasteiger partial charge in [-0.1, -0.05) is 43.3 Å². The predicted octanol–water partition coefficient (Wildman–Crippen LogP) is 2.58. The van der Waals surface area contributed by atoms with Gasteiger partial charge in [0, 0.05) is 19.0 Å². The van der Waals surface area contributed by atoms with Gasteiger partial charge in [-0.2, -0.15) is 0 Å². The number of piperazine rings is 1. The molecule has 0 radical (unpaired) electrons. The van der Waals surface area contributed by atoms with E-state index in [2.05, 4.69) is 5.32 Å². The lowest BCUT2D eigenvalue weighted by Gasteiger charge is -2.58. The van der Waals surface area contributed by atoms with Gasteiger partial charge in [-0.05, 0) is 35.2 Å². The van der Waals surface area contributed by atoms with Crippen LogP contribution in [0.15, 0.2) is 48.5 Å². The molecule has 2 fully saturated rings. The summed E-state index contributed by atoms with van der Waals surface area (Å²) in [6.45, 7) is 2.92. The second-order valence-corrected chi connectivity index (χ2v) is 7.89. The summed E-state index contributed by atoms with van der Waals surface area (Å²) >= 11 is 0. The van der Waals surface area contributed by atoms with Crippen molar-refractivity contribution >= 4 is 11.9 Å². The molecule has 0 aliphatic carbocycles. The molecule has 2 saturated heterocycles. The van der Waals surface area contributed by atoms with Gasteiger partial charge in [0.1, 0.15) is 12.4 Å². The fourth-order valence-electron chi connectivity index (χ4n) is 4.54. The molecule has 7 heteroatoms. The van der Waals surface area contributed by atoms with Gasteiger partial charge in [-0.25, -0.2) is 9.18 Å². The fraction of sp³-hybridized carbons (Fsp3) is 0.391. The Labute approximate surface area is 175 Å². The number of rotatable bonds is 5. The van der Waals surface area contributed by atoms with E-state index in [9.17, 15) is 19.1 Å². The van der Waals surface area contributed by atoms with Gasteiger partial charge in [0.15, 0.2) is 0 Å². The Morgan fingerprint density at radius 2 is 1.77 bits per heavy atom. The number of hydrogen-bond donors (Lipinski definition) is 2. The number of amides is 3. The number of fused-ring (bicyclic) bond motifs is 1. The van der Waals surface area contributed by atoms with Crippen LogP contribution >= 0.6 is 0 Å². The van der Waals surface area contributed by atoms with Crippen LogP contribution in [-0.2, 0) is 4.79 Å². The summed E-state index contributed by atoms with van der Waals surface area (Å²) in [6, 6.07) is 13.6. The second-order valence-electron chi connectivity index (χ2n) is 7.89. The van der Waals surface area contributed by atoms with Gasteiger partial charge in [0.25, 0.3) is 0 Å². The van der Waals surface area contributed by atoms with Crippen molar-refractivity contribution < 1.29 is 19.1 Å². The number of benzene rings is 2. The highest BCUT2D eigenvalue weighted by atomic mass is 19.1. The van der Waals surface area contributed by atoms with Crippen molar-refractivity contribution in [2.45, 2.75) is 31.3 Å². The number of aliphatic hydroxyl groups excluding tert-OH is 1. The summed E-state index contributed by atoms with van der Waals surface area (Å²) in [6.07, 6.45) is 0.832. The summed E-state index contributed by atoms with van der Waals surface area (Å²) in [7, 11) is 0. The van der Waals surface area contributed by atoms with Gasteiger partial charge in [-0.15, -0.1) is 0 Å². The van der Waals surface area contributed by atoms with Crippen LogP contribution in [0, 0.1) is 5.82 Å². The van der Waals surface area contributed by atoms with Crippen LogP contribution < -0.4 is 5.32 Å². The first-order valence-corrected chi connectivity index (χ1v) is 10.3. The first-order valence-electron chi connectivity index (χ1n) is 10.3. The number of nitrogens with one attached hydrogen (secondary N) is 1. The number of nitrogens with zero attached hydrogens (tertiary/aromatic N) is 2. The Morgan fingerprint density at radius 3 is 2.37 bits per heavy atom. The van der Waals surface area contributed by atoms with Gasteiger partial charge in [0.05, 0.1) is 18.7 Å². The van der Waals surface area contributed by atoms with E-state index in [0.29, 0.717) is 13.1 Å². The molecule has 2 aliphatic heterocycles. The number of halogens is 1. The Balaban J connectivity index is 1.53. The number of carbonyl (C=O) groups is 2. The summed E-state index contributed by atoms with van der Waals surface area (Å²) < 4.78 is 13.2. The largest absolute Gasteiger partial charge is 0.394 e. The van der Waals surface area contributed by atoms with E-state index in [1.807, 2.05) is 31.2 Å². The molecule has 3 atom stereocenters. The maximum atomic E-state index is 13.2. The molecule has 158 valence electrons. The van der Waals surface area contributed by atoms with E-state index in [4.69, 9.17) is 0 Å². The van der Waals surface area contributed by atoms with Crippen molar-refractivity contribution in [3.63, 3.8) is 0 Å². The number of carbonyl (C=O) groups excluding carboxylic acids is 2. The van der Waals surface area contributed by atoms with Crippen LogP contribution in [-0.4, -0.2) is 65.2 Å². The van der Waals surface area contributed by atoms with Crippen LogP contribution in [0.4, 0.5) is 9.18 Å². The summed E-state index contributed by atoms with van der Waals surface area (Å²) in [5.74, 6) is -0.440. The van der Waals surface area contributed by atoms with E-state index in [1.54, 1.807) is 21.9 Å². The molecule has 2 aliphatic rings. The highest BCUT2D eigenvalue weighted by molar-refractivity contribution is 5.87. The lowest BCUT2D eigenvalue weighted by atomic mass is 9.73. The fourth-order valence-corrected chi connectivity index (χ4v) is 4.54. The number of hydrogen-bond acceptors (Lipinski definition) is 3. The average molecular weight is 411 g/mol. The van der Waals surface area contributed by atoms with Crippen molar-refractivity contribution in [3.05, 3.63) is 59.9 Å². The Bertz CT molecular complexity index is 916. The first-order chi connectivity index (χ1) is 14.5. The molecular weight excluding hydrogens is 385 g/mol. The minimum Gasteiger partial charge on any atom is -0.394 e. The highest BCUT2D eigenvalue weighted by Gasteiger charge is 2.54. The van der Waals surface area contributed by atoms with Gasteiger partial charge >= 0.3 is 6.03 Å². The van der Waals surface area contributed by atoms with Crippen LogP contribution in [0.3, 0.4) is 0 Å². The molecule has 0 aromatic heterocycles. The standard InChI is InChI=1S/C23H26FN3O3/c1-2-11-25-23(30)26-12-19-22(20(14-28)27(19)21(29)13-26)17-5-3-15(4-6-17)16-7-9-18(24)10-8-16/h3-10,19-20,22,28H,2,11-14H2,1H3,(H,25,30)/t19-,20-,22+/m1/s1. The van der Waals surface area contributed by atoms with Gasteiger partial charge in [-0.3, -0.25) is 4.79 Å². The van der Waals surface area contributed by atoms with Crippen molar-refractivity contribution in [1.82, 2.24) is 15.1 Å². The molecule has 0 unspecified atom stereocenters. The minimum absolute atomic E-state index is 0.0389. The quantitative estimate of drug-likeness (QED) is 0.794. The first kappa shape index (κ1) is 20.3. The normalized spacial score (nSPS) is 23.0. The molecule has 2 heterocycles. The third-order valence-corrected chi connectivity index (χ3v) is 6.04. The second kappa shape index (κ2) is 8.44. The maximum Gasteiger partial charge on any atom is 0.317 e. The summed E-state index contributed by atoms with van der Waals surface area (Å²) in [5, 5.41) is 12.7. The highest BCUT2D eigenvalue weighted by Crippen LogP contribution is 2.43. The molecule has 2 N–H and O–H groups in total. The van der Waals surface area contributed by atoms with Crippen LogP contribution in [0.2, 0.25) is 0 Å². The van der Waals surface area contributed by atoms with E-state index < -0.39 is 0 Å². The molecule has 6 nitrogen and oxygen atoms in total. The zero-order valence-electron chi connectivity index (χ0n) is 16.9. The van der Waals surface area contributed by atoms with E-state index >= 15 is 0 Å². The van der Waals surface area contributed by atoms with E-state index in [-0.39, 0.29) is 48.9 Å².